The number of aromatic nitrogens is 3. The molecular formula is C13H8ClN3O2. The van der Waals surface area contributed by atoms with Crippen LogP contribution >= 0.6 is 11.6 Å². The Kier molecular flexibility index (Phi) is 2.68. The first-order chi connectivity index (χ1) is 9.16. The number of aromatic amines is 1. The van der Waals surface area contributed by atoms with Crippen molar-refractivity contribution in [3.8, 4) is 5.69 Å². The summed E-state index contributed by atoms with van der Waals surface area (Å²) in [6.45, 7) is 0. The number of nitrogens with one attached hydrogen (secondary N) is 1. The third-order valence-electron chi connectivity index (χ3n) is 2.75. The smallest absolute Gasteiger partial charge is 0.297 e. The van der Waals surface area contributed by atoms with Crippen LogP contribution in [0.4, 0.5) is 0 Å². The van der Waals surface area contributed by atoms with E-state index in [1.54, 1.807) is 24.4 Å². The Labute approximate surface area is 112 Å². The number of nitrogens with zero attached hydrogens (tertiary/aromatic N) is 2. The van der Waals surface area contributed by atoms with Gasteiger partial charge < -0.3 is 0 Å². The molecule has 5 nitrogen and oxygen atoms in total. The Morgan fingerprint density at radius 1 is 1.16 bits per heavy atom. The number of halogens is 1. The second kappa shape index (κ2) is 4.37. The van der Waals surface area contributed by atoms with Crippen molar-refractivity contribution in [3.63, 3.8) is 0 Å². The molecule has 0 bridgehead atoms. The van der Waals surface area contributed by atoms with E-state index in [2.05, 4.69) is 9.97 Å². The highest BCUT2D eigenvalue weighted by Crippen LogP contribution is 2.17. The van der Waals surface area contributed by atoms with Gasteiger partial charge in [-0.3, -0.25) is 14.8 Å². The van der Waals surface area contributed by atoms with E-state index < -0.39 is 11.2 Å². The van der Waals surface area contributed by atoms with Crippen LogP contribution in [0.1, 0.15) is 0 Å². The topological polar surface area (TPSA) is 67.8 Å². The molecule has 0 saturated carbocycles. The summed E-state index contributed by atoms with van der Waals surface area (Å²) in [4.78, 5) is 30.4. The molecule has 3 aromatic rings. The van der Waals surface area contributed by atoms with Crippen molar-refractivity contribution in [3.05, 3.63) is 68.6 Å². The van der Waals surface area contributed by atoms with Gasteiger partial charge in [0.25, 0.3) is 5.56 Å². The summed E-state index contributed by atoms with van der Waals surface area (Å²) in [5.74, 6) is 0. The Morgan fingerprint density at radius 2 is 1.95 bits per heavy atom. The molecule has 0 amide bonds. The lowest BCUT2D eigenvalue weighted by Gasteiger charge is -2.07. The lowest BCUT2D eigenvalue weighted by molar-refractivity contribution is 0.880. The van der Waals surface area contributed by atoms with Crippen LogP contribution in [0, 0.1) is 0 Å². The lowest BCUT2D eigenvalue weighted by atomic mass is 10.2. The van der Waals surface area contributed by atoms with Crippen LogP contribution < -0.4 is 11.2 Å². The molecule has 1 N–H and O–H groups in total. The predicted octanol–water partition coefficient (Wildman–Crippen LogP) is 1.73. The molecule has 6 heteroatoms. The molecular weight excluding hydrogens is 266 g/mol. The van der Waals surface area contributed by atoms with Crippen molar-refractivity contribution < 1.29 is 0 Å². The zero-order valence-corrected chi connectivity index (χ0v) is 10.4. The molecule has 1 aromatic carbocycles. The van der Waals surface area contributed by atoms with E-state index in [1.165, 1.54) is 0 Å². The van der Waals surface area contributed by atoms with Crippen molar-refractivity contribution >= 4 is 22.5 Å². The summed E-state index contributed by atoms with van der Waals surface area (Å²) in [5.41, 5.74) is -0.0662. The number of H-pyrrole nitrogens is 1. The van der Waals surface area contributed by atoms with Crippen LogP contribution in [-0.2, 0) is 0 Å². The fraction of sp³-hybridized carbons (Fsp3) is 0. The standard InChI is InChI=1S/C13H8ClN3O2/c14-10-7-11(18)17(13(19)16-10)9-5-1-3-8-4-2-6-15-12(8)9/h1-7H,(H,16,19). The van der Waals surface area contributed by atoms with Gasteiger partial charge in [-0.1, -0.05) is 29.8 Å². The second-order valence-corrected chi connectivity index (χ2v) is 4.36. The highest BCUT2D eigenvalue weighted by molar-refractivity contribution is 6.29. The molecule has 0 radical (unpaired) electrons. The van der Waals surface area contributed by atoms with Crippen molar-refractivity contribution in [1.82, 2.24) is 14.5 Å². The number of para-hydroxylation sites is 1. The third kappa shape index (κ3) is 1.94. The van der Waals surface area contributed by atoms with Crippen LogP contribution in [0.3, 0.4) is 0 Å². The molecule has 0 atom stereocenters. The maximum absolute atomic E-state index is 11.9. The average Bonchev–Trinajstić information content (AvgIpc) is 2.38. The molecule has 3 rings (SSSR count). The first-order valence-electron chi connectivity index (χ1n) is 5.53. The van der Waals surface area contributed by atoms with Crippen LogP contribution in [0.15, 0.2) is 52.2 Å². The van der Waals surface area contributed by atoms with E-state index in [9.17, 15) is 9.59 Å². The van der Waals surface area contributed by atoms with Crippen LogP contribution in [0.25, 0.3) is 16.6 Å². The second-order valence-electron chi connectivity index (χ2n) is 3.95. The number of hydrogen-bond donors (Lipinski definition) is 1. The number of benzene rings is 1. The molecule has 2 aromatic heterocycles. The normalized spacial score (nSPS) is 10.8. The van der Waals surface area contributed by atoms with Crippen LogP contribution in [0.2, 0.25) is 5.15 Å². The molecule has 0 spiro atoms. The summed E-state index contributed by atoms with van der Waals surface area (Å²) < 4.78 is 1.02. The largest absolute Gasteiger partial charge is 0.334 e. The van der Waals surface area contributed by atoms with Crippen molar-refractivity contribution in [2.75, 3.05) is 0 Å². The quantitative estimate of drug-likeness (QED) is 0.687. The lowest BCUT2D eigenvalue weighted by Crippen LogP contribution is -2.33. The van der Waals surface area contributed by atoms with E-state index in [4.69, 9.17) is 11.6 Å². The fourth-order valence-electron chi connectivity index (χ4n) is 1.96. The van der Waals surface area contributed by atoms with Crippen LogP contribution in [-0.4, -0.2) is 14.5 Å². The Hall–Kier alpha value is -2.40. The van der Waals surface area contributed by atoms with E-state index in [-0.39, 0.29) is 5.15 Å². The zero-order valence-electron chi connectivity index (χ0n) is 9.63. The fourth-order valence-corrected chi connectivity index (χ4v) is 2.14. The molecule has 94 valence electrons. The molecule has 19 heavy (non-hydrogen) atoms. The highest BCUT2D eigenvalue weighted by atomic mass is 35.5. The Bertz CT molecular complexity index is 846. The summed E-state index contributed by atoms with van der Waals surface area (Å²) in [5, 5.41) is 0.862. The zero-order chi connectivity index (χ0) is 13.4. The minimum Gasteiger partial charge on any atom is -0.297 e. The number of rotatable bonds is 1. The van der Waals surface area contributed by atoms with Crippen molar-refractivity contribution in [2.24, 2.45) is 0 Å². The number of fused-ring (bicyclic) bond motifs is 1. The van der Waals surface area contributed by atoms with Gasteiger partial charge in [-0.2, -0.15) is 0 Å². The van der Waals surface area contributed by atoms with Crippen LogP contribution in [0.5, 0.6) is 0 Å². The van der Waals surface area contributed by atoms with E-state index >= 15 is 0 Å². The number of pyridine rings is 1. The predicted molar refractivity (Wildman–Crippen MR) is 73.0 cm³/mol. The molecule has 2 heterocycles. The first-order valence-corrected chi connectivity index (χ1v) is 5.90. The minimum absolute atomic E-state index is 0.0134. The minimum atomic E-state index is -0.587. The molecule has 0 saturated heterocycles. The van der Waals surface area contributed by atoms with Gasteiger partial charge in [-0.05, 0) is 12.1 Å². The van der Waals surface area contributed by atoms with E-state index in [0.717, 1.165) is 16.0 Å². The monoisotopic (exact) mass is 273 g/mol. The van der Waals surface area contributed by atoms with Crippen molar-refractivity contribution in [2.45, 2.75) is 0 Å². The van der Waals surface area contributed by atoms with Gasteiger partial charge in [0.2, 0.25) is 0 Å². The summed E-state index contributed by atoms with van der Waals surface area (Å²) in [7, 11) is 0. The Balaban J connectivity index is 2.44. The van der Waals surface area contributed by atoms with Gasteiger partial charge in [-0.25, -0.2) is 9.36 Å². The van der Waals surface area contributed by atoms with E-state index in [0.29, 0.717) is 11.2 Å². The SMILES string of the molecule is O=c1cc(Cl)[nH]c(=O)n1-c1cccc2cccnc12. The molecule has 0 aliphatic heterocycles. The Morgan fingerprint density at radius 3 is 2.74 bits per heavy atom. The summed E-state index contributed by atoms with van der Waals surface area (Å²) >= 11 is 5.64. The van der Waals surface area contributed by atoms with Gasteiger partial charge in [-0.15, -0.1) is 0 Å². The average molecular weight is 274 g/mol. The van der Waals surface area contributed by atoms with Gasteiger partial charge in [0.15, 0.2) is 0 Å². The third-order valence-corrected chi connectivity index (χ3v) is 2.96. The maximum Gasteiger partial charge on any atom is 0.334 e. The van der Waals surface area contributed by atoms with E-state index in [1.807, 2.05) is 12.1 Å². The number of hydrogen-bond acceptors (Lipinski definition) is 3. The van der Waals surface area contributed by atoms with Gasteiger partial charge in [0.1, 0.15) is 5.15 Å². The highest BCUT2D eigenvalue weighted by Gasteiger charge is 2.09. The molecule has 0 aliphatic carbocycles. The molecule has 0 fully saturated rings. The van der Waals surface area contributed by atoms with Gasteiger partial charge in [0, 0.05) is 17.6 Å². The summed E-state index contributed by atoms with van der Waals surface area (Å²) in [6, 6.07) is 10.1. The first kappa shape index (κ1) is 11.7. The summed E-state index contributed by atoms with van der Waals surface area (Å²) in [6.07, 6.45) is 1.61. The van der Waals surface area contributed by atoms with Crippen molar-refractivity contribution in [1.29, 1.82) is 0 Å². The molecule has 0 aliphatic rings. The van der Waals surface area contributed by atoms with Gasteiger partial charge in [0.05, 0.1) is 11.2 Å². The molecule has 0 unspecified atom stereocenters. The maximum atomic E-state index is 11.9. The van der Waals surface area contributed by atoms with Gasteiger partial charge >= 0.3 is 5.69 Å².